The van der Waals surface area contributed by atoms with Crippen molar-refractivity contribution in [2.75, 3.05) is 0 Å². The summed E-state index contributed by atoms with van der Waals surface area (Å²) in [5.41, 5.74) is 0. The van der Waals surface area contributed by atoms with Crippen LogP contribution in [0.2, 0.25) is 5.02 Å². The Labute approximate surface area is 122 Å². The molecule has 1 nitrogen and oxygen atoms in total. The number of hydrogen-bond acceptors (Lipinski definition) is 1. The van der Waals surface area contributed by atoms with Gasteiger partial charge in [0.05, 0.1) is 0 Å². The predicted molar refractivity (Wildman–Crippen MR) is 38.9 cm³/mol. The van der Waals surface area contributed by atoms with Crippen LogP contribution >= 0.6 is 11.6 Å². The van der Waals surface area contributed by atoms with Crippen LogP contribution in [0.4, 0.5) is 0 Å². The molecule has 0 radical (unpaired) electrons. The normalized spacial score (nSPS) is 6.64. The summed E-state index contributed by atoms with van der Waals surface area (Å²) in [7, 11) is 0. The molecule has 0 spiro atoms. The van der Waals surface area contributed by atoms with Crippen LogP contribution in [-0.2, 0) is 0 Å². The van der Waals surface area contributed by atoms with E-state index >= 15 is 0 Å². The summed E-state index contributed by atoms with van der Waals surface area (Å²) >= 11 is 5.50. The van der Waals surface area contributed by atoms with Crippen LogP contribution in [0.25, 0.3) is 0 Å². The first-order valence-corrected chi connectivity index (χ1v) is 2.61. The SMILES string of the molecule is Oc1ccc(Cl)cc1.[Br-].[Br-].[Ca+2]. The number of phenols is 1. The molecule has 0 fully saturated rings. The van der Waals surface area contributed by atoms with Crippen LogP contribution in [0.1, 0.15) is 0 Å². The number of hydrogen-bond donors (Lipinski definition) is 1. The Hall–Kier alpha value is 1.53. The van der Waals surface area contributed by atoms with Crippen LogP contribution < -0.4 is 34.0 Å². The average molecular weight is 328 g/mol. The summed E-state index contributed by atoms with van der Waals surface area (Å²) < 4.78 is 0. The second-order valence-corrected chi connectivity index (χ2v) is 1.91. The van der Waals surface area contributed by atoms with Gasteiger partial charge in [0.15, 0.2) is 0 Å². The van der Waals surface area contributed by atoms with Gasteiger partial charge < -0.3 is 39.1 Å². The van der Waals surface area contributed by atoms with Gasteiger partial charge in [-0.1, -0.05) is 11.6 Å². The van der Waals surface area contributed by atoms with E-state index in [1.807, 2.05) is 0 Å². The van der Waals surface area contributed by atoms with E-state index in [2.05, 4.69) is 0 Å². The minimum atomic E-state index is 0. The molecule has 0 aliphatic carbocycles. The molecular formula is C6H5Br2CaClO. The summed E-state index contributed by atoms with van der Waals surface area (Å²) in [6, 6.07) is 6.36. The molecule has 0 saturated heterocycles. The number of phenolic OH excluding ortho intramolecular Hbond substituents is 1. The van der Waals surface area contributed by atoms with Gasteiger partial charge >= 0.3 is 37.7 Å². The van der Waals surface area contributed by atoms with Gasteiger partial charge in [-0.25, -0.2) is 0 Å². The van der Waals surface area contributed by atoms with Crippen molar-refractivity contribution in [2.45, 2.75) is 0 Å². The second kappa shape index (κ2) is 9.62. The maximum atomic E-state index is 8.70. The predicted octanol–water partition coefficient (Wildman–Crippen LogP) is -4.33. The Kier molecular flexibility index (Phi) is 16.0. The molecule has 0 aliphatic heterocycles. The molecule has 0 aliphatic rings. The first-order valence-electron chi connectivity index (χ1n) is 2.23. The molecule has 5 heteroatoms. The zero-order valence-electron chi connectivity index (χ0n) is 5.60. The third kappa shape index (κ3) is 7.88. The Morgan fingerprint density at radius 1 is 1.00 bits per heavy atom. The molecule has 0 unspecified atom stereocenters. The van der Waals surface area contributed by atoms with Crippen molar-refractivity contribution in [1.82, 2.24) is 0 Å². The van der Waals surface area contributed by atoms with Gasteiger partial charge in [-0.05, 0) is 24.3 Å². The van der Waals surface area contributed by atoms with Gasteiger partial charge in [0.1, 0.15) is 5.75 Å². The minimum Gasteiger partial charge on any atom is -1.00 e. The van der Waals surface area contributed by atoms with Gasteiger partial charge in [-0.3, -0.25) is 0 Å². The fraction of sp³-hybridized carbons (Fsp3) is 0. The van der Waals surface area contributed by atoms with E-state index in [0.29, 0.717) is 5.02 Å². The molecule has 0 heterocycles. The summed E-state index contributed by atoms with van der Waals surface area (Å²) in [6.45, 7) is 0. The molecule has 1 aromatic carbocycles. The molecule has 58 valence electrons. The molecule has 0 bridgehead atoms. The van der Waals surface area contributed by atoms with Crippen molar-refractivity contribution < 1.29 is 39.1 Å². The van der Waals surface area contributed by atoms with Crippen molar-refractivity contribution in [3.05, 3.63) is 29.3 Å². The fourth-order valence-corrected chi connectivity index (χ4v) is 0.567. The topological polar surface area (TPSA) is 20.2 Å². The van der Waals surface area contributed by atoms with Crippen molar-refractivity contribution in [2.24, 2.45) is 0 Å². The molecule has 11 heavy (non-hydrogen) atoms. The number of rotatable bonds is 0. The zero-order chi connectivity index (χ0) is 5.98. The Morgan fingerprint density at radius 3 is 1.64 bits per heavy atom. The van der Waals surface area contributed by atoms with Crippen LogP contribution in [0.5, 0.6) is 5.75 Å². The maximum absolute atomic E-state index is 8.70. The first kappa shape index (κ1) is 18.3. The second-order valence-electron chi connectivity index (χ2n) is 1.48. The average Bonchev–Trinajstić information content (AvgIpc) is 1.77. The van der Waals surface area contributed by atoms with E-state index in [1.54, 1.807) is 24.3 Å². The molecule has 0 saturated carbocycles. The van der Waals surface area contributed by atoms with Gasteiger partial charge in [0.25, 0.3) is 0 Å². The molecule has 0 aromatic heterocycles. The molecule has 1 N–H and O–H groups in total. The molecule has 0 amide bonds. The van der Waals surface area contributed by atoms with Crippen molar-refractivity contribution in [1.29, 1.82) is 0 Å². The summed E-state index contributed by atoms with van der Waals surface area (Å²) in [6.07, 6.45) is 0. The van der Waals surface area contributed by atoms with E-state index in [0.717, 1.165) is 0 Å². The van der Waals surface area contributed by atoms with Gasteiger partial charge in [-0.2, -0.15) is 0 Å². The fourth-order valence-electron chi connectivity index (χ4n) is 0.441. The van der Waals surface area contributed by atoms with E-state index in [1.165, 1.54) is 0 Å². The molecular weight excluding hydrogens is 323 g/mol. The summed E-state index contributed by atoms with van der Waals surface area (Å²) in [4.78, 5) is 0. The van der Waals surface area contributed by atoms with Crippen LogP contribution in [0.3, 0.4) is 0 Å². The summed E-state index contributed by atoms with van der Waals surface area (Å²) in [5, 5.41) is 9.34. The largest absolute Gasteiger partial charge is 2.00 e. The summed E-state index contributed by atoms with van der Waals surface area (Å²) in [5.74, 6) is 0.245. The van der Waals surface area contributed by atoms with Gasteiger partial charge in [0.2, 0.25) is 0 Å². The van der Waals surface area contributed by atoms with Crippen LogP contribution in [-0.4, -0.2) is 42.8 Å². The standard InChI is InChI=1S/C6H5ClO.2BrH.Ca/c7-5-1-3-6(8)4-2-5;;;/h1-4,8H;2*1H;/q;;;+2/p-2. The van der Waals surface area contributed by atoms with Gasteiger partial charge in [0, 0.05) is 5.02 Å². The smallest absolute Gasteiger partial charge is 1.00 e. The van der Waals surface area contributed by atoms with Gasteiger partial charge in [-0.15, -0.1) is 0 Å². The Balaban J connectivity index is -0.000000213. The maximum Gasteiger partial charge on any atom is 2.00 e. The number of aromatic hydroxyl groups is 1. The van der Waals surface area contributed by atoms with E-state index in [-0.39, 0.29) is 77.5 Å². The Morgan fingerprint density at radius 2 is 1.36 bits per heavy atom. The van der Waals surface area contributed by atoms with Crippen LogP contribution in [0.15, 0.2) is 24.3 Å². The Bertz CT molecular complexity index is 159. The monoisotopic (exact) mass is 326 g/mol. The van der Waals surface area contributed by atoms with E-state index in [4.69, 9.17) is 16.7 Å². The third-order valence-electron chi connectivity index (χ3n) is 0.827. The van der Waals surface area contributed by atoms with Crippen molar-refractivity contribution in [3.63, 3.8) is 0 Å². The van der Waals surface area contributed by atoms with E-state index < -0.39 is 0 Å². The number of halogens is 3. The minimum absolute atomic E-state index is 0. The third-order valence-corrected chi connectivity index (χ3v) is 1.08. The van der Waals surface area contributed by atoms with E-state index in [9.17, 15) is 0 Å². The zero-order valence-corrected chi connectivity index (χ0v) is 11.7. The molecule has 0 atom stereocenters. The van der Waals surface area contributed by atoms with Crippen molar-refractivity contribution in [3.8, 4) is 5.75 Å². The quantitative estimate of drug-likeness (QED) is 0.478. The van der Waals surface area contributed by atoms with Crippen LogP contribution in [0, 0.1) is 0 Å². The molecule has 1 aromatic rings. The first-order chi connectivity index (χ1) is 3.79. The number of benzene rings is 1. The molecule has 1 rings (SSSR count). The van der Waals surface area contributed by atoms with Crippen molar-refractivity contribution >= 4 is 49.3 Å².